The standard InChI is InChI=1S/C16H26N4O.HI/c1-12-15(13(2)21-20-12)11-19-16(17-3)18-10-9-14-7-5-4-6-8-14;/h7H,4-6,8-11H2,1-3H3,(H2,17,18,19);1H. The molecular weight excluding hydrogens is 391 g/mol. The number of allylic oxidation sites excluding steroid dienone is 1. The second-order valence-electron chi connectivity index (χ2n) is 5.51. The zero-order chi connectivity index (χ0) is 15.1. The van der Waals surface area contributed by atoms with E-state index in [4.69, 9.17) is 4.52 Å². The number of aryl methyl sites for hydroxylation is 2. The first-order valence-corrected chi connectivity index (χ1v) is 7.75. The van der Waals surface area contributed by atoms with E-state index in [1.807, 2.05) is 13.8 Å². The number of aliphatic imine (C=N–C) groups is 1. The van der Waals surface area contributed by atoms with E-state index in [1.54, 1.807) is 12.6 Å². The molecule has 1 aliphatic carbocycles. The Hall–Kier alpha value is -1.05. The molecule has 0 aromatic carbocycles. The third-order valence-corrected chi connectivity index (χ3v) is 3.96. The Morgan fingerprint density at radius 2 is 2.14 bits per heavy atom. The fourth-order valence-corrected chi connectivity index (χ4v) is 2.62. The second-order valence-corrected chi connectivity index (χ2v) is 5.51. The summed E-state index contributed by atoms with van der Waals surface area (Å²) in [6, 6.07) is 0. The summed E-state index contributed by atoms with van der Waals surface area (Å²) in [4.78, 5) is 4.25. The summed E-state index contributed by atoms with van der Waals surface area (Å²) in [6.07, 6.45) is 8.68. The number of guanidine groups is 1. The fourth-order valence-electron chi connectivity index (χ4n) is 2.62. The average molecular weight is 418 g/mol. The van der Waals surface area contributed by atoms with Crippen molar-refractivity contribution in [3.05, 3.63) is 28.7 Å². The first kappa shape index (κ1) is 19.0. The average Bonchev–Trinajstić information content (AvgIpc) is 2.83. The number of hydrogen-bond donors (Lipinski definition) is 2. The molecule has 0 spiro atoms. The summed E-state index contributed by atoms with van der Waals surface area (Å²) in [5.41, 5.74) is 3.62. The molecule has 1 heterocycles. The van der Waals surface area contributed by atoms with E-state index in [0.717, 1.165) is 35.9 Å². The predicted octanol–water partition coefficient (Wildman–Crippen LogP) is 3.46. The number of rotatable bonds is 5. The van der Waals surface area contributed by atoms with Crippen LogP contribution in [0.1, 0.15) is 49.1 Å². The maximum atomic E-state index is 5.16. The summed E-state index contributed by atoms with van der Waals surface area (Å²) in [5.74, 6) is 1.69. The van der Waals surface area contributed by atoms with Gasteiger partial charge in [0.2, 0.25) is 0 Å². The molecule has 0 fully saturated rings. The van der Waals surface area contributed by atoms with Crippen molar-refractivity contribution in [2.75, 3.05) is 13.6 Å². The summed E-state index contributed by atoms with van der Waals surface area (Å²) in [6.45, 7) is 5.50. The lowest BCUT2D eigenvalue weighted by Crippen LogP contribution is -2.37. The highest BCUT2D eigenvalue weighted by atomic mass is 127. The highest BCUT2D eigenvalue weighted by Crippen LogP contribution is 2.19. The van der Waals surface area contributed by atoms with Gasteiger partial charge in [0.05, 0.1) is 5.69 Å². The van der Waals surface area contributed by atoms with Crippen molar-refractivity contribution in [3.8, 4) is 0 Å². The topological polar surface area (TPSA) is 62.5 Å². The molecule has 1 aromatic rings. The SMILES string of the molecule is CN=C(NCCC1=CCCCC1)NCc1c(C)noc1C.I. The molecule has 0 radical (unpaired) electrons. The van der Waals surface area contributed by atoms with E-state index in [0.29, 0.717) is 6.54 Å². The fraction of sp³-hybridized carbons (Fsp3) is 0.625. The molecule has 2 N–H and O–H groups in total. The van der Waals surface area contributed by atoms with Gasteiger partial charge in [-0.1, -0.05) is 16.8 Å². The molecule has 5 nitrogen and oxygen atoms in total. The number of nitrogens with zero attached hydrogens (tertiary/aromatic N) is 2. The van der Waals surface area contributed by atoms with Crippen LogP contribution < -0.4 is 10.6 Å². The van der Waals surface area contributed by atoms with Crippen LogP contribution in [0.15, 0.2) is 21.2 Å². The van der Waals surface area contributed by atoms with Crippen molar-refractivity contribution in [1.82, 2.24) is 15.8 Å². The zero-order valence-corrected chi connectivity index (χ0v) is 16.1. The largest absolute Gasteiger partial charge is 0.361 e. The maximum absolute atomic E-state index is 5.16. The monoisotopic (exact) mass is 418 g/mol. The van der Waals surface area contributed by atoms with Gasteiger partial charge in [-0.3, -0.25) is 4.99 Å². The molecule has 1 aliphatic rings. The third kappa shape index (κ3) is 5.62. The summed E-state index contributed by atoms with van der Waals surface area (Å²) >= 11 is 0. The van der Waals surface area contributed by atoms with Gasteiger partial charge in [0.1, 0.15) is 5.76 Å². The van der Waals surface area contributed by atoms with Crippen molar-refractivity contribution >= 4 is 29.9 Å². The van der Waals surface area contributed by atoms with Crippen LogP contribution in [0.4, 0.5) is 0 Å². The maximum Gasteiger partial charge on any atom is 0.191 e. The van der Waals surface area contributed by atoms with E-state index in [2.05, 4.69) is 26.9 Å². The summed E-state index contributed by atoms with van der Waals surface area (Å²) < 4.78 is 5.16. The minimum Gasteiger partial charge on any atom is -0.361 e. The number of nitrogens with one attached hydrogen (secondary N) is 2. The van der Waals surface area contributed by atoms with Crippen molar-refractivity contribution in [1.29, 1.82) is 0 Å². The predicted molar refractivity (Wildman–Crippen MR) is 101 cm³/mol. The van der Waals surface area contributed by atoms with Crippen LogP contribution in [0.5, 0.6) is 0 Å². The van der Waals surface area contributed by atoms with Gasteiger partial charge in [-0.15, -0.1) is 24.0 Å². The normalized spacial score (nSPS) is 15.0. The zero-order valence-electron chi connectivity index (χ0n) is 13.7. The van der Waals surface area contributed by atoms with Gasteiger partial charge in [-0.05, 0) is 46.0 Å². The van der Waals surface area contributed by atoms with Crippen molar-refractivity contribution in [3.63, 3.8) is 0 Å². The van der Waals surface area contributed by atoms with Crippen molar-refractivity contribution in [2.45, 2.75) is 52.5 Å². The molecule has 0 aliphatic heterocycles. The Kier molecular flexibility index (Phi) is 8.52. The third-order valence-electron chi connectivity index (χ3n) is 3.96. The van der Waals surface area contributed by atoms with Crippen LogP contribution in [0.2, 0.25) is 0 Å². The van der Waals surface area contributed by atoms with E-state index in [9.17, 15) is 0 Å². The highest BCUT2D eigenvalue weighted by molar-refractivity contribution is 14.0. The molecule has 6 heteroatoms. The molecule has 0 saturated carbocycles. The van der Waals surface area contributed by atoms with E-state index < -0.39 is 0 Å². The summed E-state index contributed by atoms with van der Waals surface area (Å²) in [5, 5.41) is 10.6. The Morgan fingerprint density at radius 1 is 1.32 bits per heavy atom. The van der Waals surface area contributed by atoms with Gasteiger partial charge in [-0.2, -0.15) is 0 Å². The van der Waals surface area contributed by atoms with Crippen LogP contribution in [-0.2, 0) is 6.54 Å². The minimum atomic E-state index is 0. The molecule has 22 heavy (non-hydrogen) atoms. The first-order valence-electron chi connectivity index (χ1n) is 7.75. The van der Waals surface area contributed by atoms with Crippen LogP contribution in [0, 0.1) is 13.8 Å². The Morgan fingerprint density at radius 3 is 2.73 bits per heavy atom. The molecule has 0 atom stereocenters. The van der Waals surface area contributed by atoms with Gasteiger partial charge >= 0.3 is 0 Å². The number of hydrogen-bond acceptors (Lipinski definition) is 3. The molecule has 2 rings (SSSR count). The van der Waals surface area contributed by atoms with Crippen LogP contribution in [0.3, 0.4) is 0 Å². The van der Waals surface area contributed by atoms with Gasteiger partial charge in [0.15, 0.2) is 5.96 Å². The van der Waals surface area contributed by atoms with E-state index >= 15 is 0 Å². The van der Waals surface area contributed by atoms with Crippen LogP contribution >= 0.6 is 24.0 Å². The molecule has 0 unspecified atom stereocenters. The smallest absolute Gasteiger partial charge is 0.191 e. The van der Waals surface area contributed by atoms with Gasteiger partial charge in [0.25, 0.3) is 0 Å². The van der Waals surface area contributed by atoms with E-state index in [-0.39, 0.29) is 24.0 Å². The molecule has 0 bridgehead atoms. The van der Waals surface area contributed by atoms with Gasteiger partial charge in [-0.25, -0.2) is 0 Å². The molecule has 124 valence electrons. The molecule has 1 aromatic heterocycles. The highest BCUT2D eigenvalue weighted by Gasteiger charge is 2.09. The second kappa shape index (κ2) is 9.86. The lowest BCUT2D eigenvalue weighted by molar-refractivity contribution is 0.392. The van der Waals surface area contributed by atoms with Crippen molar-refractivity contribution < 1.29 is 4.52 Å². The van der Waals surface area contributed by atoms with E-state index in [1.165, 1.54) is 25.7 Å². The number of aromatic nitrogens is 1. The first-order chi connectivity index (χ1) is 10.2. The molecule has 0 saturated heterocycles. The number of halogens is 1. The Bertz CT molecular complexity index is 503. The van der Waals surface area contributed by atoms with Gasteiger partial charge < -0.3 is 15.2 Å². The molecule has 0 amide bonds. The Labute approximate surface area is 150 Å². The minimum absolute atomic E-state index is 0. The van der Waals surface area contributed by atoms with Gasteiger partial charge in [0, 0.05) is 25.7 Å². The van der Waals surface area contributed by atoms with Crippen molar-refractivity contribution in [2.24, 2.45) is 4.99 Å². The molecular formula is C16H27IN4O. The van der Waals surface area contributed by atoms with Crippen LogP contribution in [0.25, 0.3) is 0 Å². The lowest BCUT2D eigenvalue weighted by Gasteiger charge is -2.15. The Balaban J connectivity index is 0.00000242. The lowest BCUT2D eigenvalue weighted by atomic mass is 9.97. The quantitative estimate of drug-likeness (QED) is 0.333. The van der Waals surface area contributed by atoms with Crippen LogP contribution in [-0.4, -0.2) is 24.7 Å². The summed E-state index contributed by atoms with van der Waals surface area (Å²) in [7, 11) is 1.79.